The van der Waals surface area contributed by atoms with E-state index in [4.69, 9.17) is 22.1 Å². The zero-order chi connectivity index (χ0) is 25.4. The van der Waals surface area contributed by atoms with Gasteiger partial charge in [-0.2, -0.15) is 0 Å². The summed E-state index contributed by atoms with van der Waals surface area (Å²) in [7, 11) is 1.57. The van der Waals surface area contributed by atoms with Crippen LogP contribution in [0.25, 0.3) is 10.9 Å². The molecule has 3 rings (SSSR count). The number of nitrogens with one attached hydrogen (secondary N) is 2. The molecule has 4 N–H and O–H groups in total. The number of Topliss-reactive ketones (excluding diaryl/α,β-unsaturated/α-hetero) is 1. The van der Waals surface area contributed by atoms with Crippen molar-refractivity contribution in [1.29, 1.82) is 0 Å². The van der Waals surface area contributed by atoms with Crippen LogP contribution in [-0.4, -0.2) is 53.0 Å². The Bertz CT molecular complexity index is 1060. The molecule has 0 saturated heterocycles. The summed E-state index contributed by atoms with van der Waals surface area (Å²) in [5.41, 5.74) is 8.95. The molecular weight excluding hydrogens is 472 g/mol. The highest BCUT2D eigenvalue weighted by Crippen LogP contribution is 2.32. The number of alkyl halides is 1. The highest BCUT2D eigenvalue weighted by atomic mass is 35.5. The number of methoxy groups -OCH3 is 1. The van der Waals surface area contributed by atoms with Crippen molar-refractivity contribution >= 4 is 46.0 Å². The number of ketones is 1. The summed E-state index contributed by atoms with van der Waals surface area (Å²) >= 11 is 5.68. The maximum absolute atomic E-state index is 13.3. The lowest BCUT2D eigenvalue weighted by molar-refractivity contribution is -0.142. The molecule has 1 aromatic heterocycles. The van der Waals surface area contributed by atoms with E-state index in [-0.39, 0.29) is 31.0 Å². The highest BCUT2D eigenvalue weighted by molar-refractivity contribution is 6.27. The average Bonchev–Trinajstić information content (AvgIpc) is 3.30. The van der Waals surface area contributed by atoms with E-state index in [1.807, 2.05) is 18.2 Å². The third-order valence-corrected chi connectivity index (χ3v) is 6.76. The van der Waals surface area contributed by atoms with Crippen molar-refractivity contribution in [1.82, 2.24) is 15.4 Å². The van der Waals surface area contributed by atoms with Crippen LogP contribution < -0.4 is 15.9 Å². The fourth-order valence-corrected chi connectivity index (χ4v) is 4.80. The highest BCUT2D eigenvalue weighted by Gasteiger charge is 2.29. The zero-order valence-electron chi connectivity index (χ0n) is 20.0. The van der Waals surface area contributed by atoms with Crippen molar-refractivity contribution in [2.75, 3.05) is 19.5 Å². The molecule has 1 fully saturated rings. The smallest absolute Gasteiger partial charge is 0.255 e. The summed E-state index contributed by atoms with van der Waals surface area (Å²) in [6.45, 7) is -0.0848. The Morgan fingerprint density at radius 3 is 2.63 bits per heavy atom. The number of hydrazine groups is 1. The molecule has 1 atom stereocenters. The standard InChI is InChI=1S/C25H33ClN4O5/c1-35-22-9-5-8-19-18(22)14-20(28-19)21(31)13-17(12-16-6-3-2-4-7-16)25(34)29-30(24(33)15-26)11-10-23(27)32/h5,8-9,14,16-17,28H,2-4,6-7,10-13,15H2,1H3,(H2,27,32)(H,29,34)/t17-/m1/s1. The van der Waals surface area contributed by atoms with Crippen LogP contribution in [0.4, 0.5) is 0 Å². The minimum atomic E-state index is -0.641. The van der Waals surface area contributed by atoms with Gasteiger partial charge in [0.05, 0.1) is 19.3 Å². The molecule has 0 aliphatic heterocycles. The van der Waals surface area contributed by atoms with Gasteiger partial charge in [0.2, 0.25) is 11.8 Å². The number of aromatic nitrogens is 1. The van der Waals surface area contributed by atoms with Crippen molar-refractivity contribution in [2.45, 2.75) is 51.4 Å². The van der Waals surface area contributed by atoms with E-state index in [0.29, 0.717) is 23.8 Å². The Hall–Kier alpha value is -3.07. The largest absolute Gasteiger partial charge is 0.496 e. The summed E-state index contributed by atoms with van der Waals surface area (Å²) in [4.78, 5) is 53.1. The summed E-state index contributed by atoms with van der Waals surface area (Å²) < 4.78 is 5.38. The maximum Gasteiger partial charge on any atom is 0.255 e. The summed E-state index contributed by atoms with van der Waals surface area (Å²) in [5, 5.41) is 1.81. The van der Waals surface area contributed by atoms with E-state index >= 15 is 0 Å². The predicted octanol–water partition coefficient (Wildman–Crippen LogP) is 3.31. The Kier molecular flexibility index (Phi) is 9.54. The molecule has 1 aliphatic carbocycles. The number of nitrogens with zero attached hydrogens (tertiary/aromatic N) is 1. The topological polar surface area (TPSA) is 135 Å². The predicted molar refractivity (Wildman–Crippen MR) is 133 cm³/mol. The van der Waals surface area contributed by atoms with Gasteiger partial charge in [0.25, 0.3) is 5.91 Å². The van der Waals surface area contributed by atoms with Crippen LogP contribution in [0.1, 0.15) is 61.9 Å². The van der Waals surface area contributed by atoms with Gasteiger partial charge in [-0.3, -0.25) is 29.6 Å². The third kappa shape index (κ3) is 7.21. The Morgan fingerprint density at radius 2 is 1.97 bits per heavy atom. The number of hydrogen-bond donors (Lipinski definition) is 3. The molecule has 1 heterocycles. The second kappa shape index (κ2) is 12.6. The van der Waals surface area contributed by atoms with Crippen molar-refractivity contribution in [2.24, 2.45) is 17.6 Å². The van der Waals surface area contributed by atoms with Crippen LogP contribution in [0.2, 0.25) is 0 Å². The first kappa shape index (κ1) is 26.5. The first-order valence-corrected chi connectivity index (χ1v) is 12.5. The van der Waals surface area contributed by atoms with Gasteiger partial charge in [-0.1, -0.05) is 38.2 Å². The van der Waals surface area contributed by atoms with Crippen LogP contribution in [0.5, 0.6) is 5.75 Å². The molecule has 1 aliphatic rings. The van der Waals surface area contributed by atoms with Gasteiger partial charge in [0.15, 0.2) is 5.78 Å². The van der Waals surface area contributed by atoms with E-state index in [1.165, 1.54) is 6.42 Å². The molecule has 0 spiro atoms. The van der Waals surface area contributed by atoms with Crippen molar-refractivity contribution < 1.29 is 23.9 Å². The summed E-state index contributed by atoms with van der Waals surface area (Å²) in [5.74, 6) is -1.81. The molecule has 1 saturated carbocycles. The Morgan fingerprint density at radius 1 is 1.23 bits per heavy atom. The van der Waals surface area contributed by atoms with Gasteiger partial charge in [-0.15, -0.1) is 11.6 Å². The van der Waals surface area contributed by atoms with Gasteiger partial charge in [-0.25, -0.2) is 0 Å². The number of fused-ring (bicyclic) bond motifs is 1. The van der Waals surface area contributed by atoms with Crippen LogP contribution in [0.3, 0.4) is 0 Å². The average molecular weight is 505 g/mol. The molecule has 3 amide bonds. The minimum absolute atomic E-state index is 0.0177. The molecule has 190 valence electrons. The number of primary amides is 1. The van der Waals surface area contributed by atoms with E-state index in [1.54, 1.807) is 13.2 Å². The number of hydrogen-bond acceptors (Lipinski definition) is 5. The number of benzene rings is 1. The molecule has 0 unspecified atom stereocenters. The van der Waals surface area contributed by atoms with E-state index in [2.05, 4.69) is 10.4 Å². The second-order valence-electron chi connectivity index (χ2n) is 9.04. The number of halogens is 1. The normalized spacial score (nSPS) is 14.9. The van der Waals surface area contributed by atoms with Gasteiger partial charge < -0.3 is 15.5 Å². The lowest BCUT2D eigenvalue weighted by atomic mass is 9.81. The van der Waals surface area contributed by atoms with Crippen LogP contribution in [0, 0.1) is 11.8 Å². The van der Waals surface area contributed by atoms with Crippen molar-refractivity contribution in [3.8, 4) is 5.75 Å². The Balaban J connectivity index is 1.78. The van der Waals surface area contributed by atoms with Crippen molar-refractivity contribution in [3.63, 3.8) is 0 Å². The quantitative estimate of drug-likeness (QED) is 0.245. The van der Waals surface area contributed by atoms with Gasteiger partial charge in [0.1, 0.15) is 11.6 Å². The van der Waals surface area contributed by atoms with E-state index in [9.17, 15) is 19.2 Å². The monoisotopic (exact) mass is 504 g/mol. The first-order valence-electron chi connectivity index (χ1n) is 12.0. The van der Waals surface area contributed by atoms with E-state index < -0.39 is 23.6 Å². The van der Waals surface area contributed by atoms with Crippen LogP contribution in [-0.2, 0) is 14.4 Å². The minimum Gasteiger partial charge on any atom is -0.496 e. The van der Waals surface area contributed by atoms with Crippen molar-refractivity contribution in [3.05, 3.63) is 30.0 Å². The maximum atomic E-state index is 13.3. The number of rotatable bonds is 11. The fraction of sp³-hybridized carbons (Fsp3) is 0.520. The molecule has 0 radical (unpaired) electrons. The molecule has 35 heavy (non-hydrogen) atoms. The third-order valence-electron chi connectivity index (χ3n) is 6.53. The molecular formula is C25H33ClN4O5. The zero-order valence-corrected chi connectivity index (χ0v) is 20.7. The number of amides is 3. The van der Waals surface area contributed by atoms with Crippen LogP contribution >= 0.6 is 11.6 Å². The molecule has 0 bridgehead atoms. The lowest BCUT2D eigenvalue weighted by Gasteiger charge is -2.28. The number of nitrogens with two attached hydrogens (primary N) is 1. The number of aromatic amines is 1. The molecule has 2 aromatic rings. The second-order valence-corrected chi connectivity index (χ2v) is 9.31. The SMILES string of the molecule is COc1cccc2[nH]c(C(=O)C[C@@H](CC3CCCCC3)C(=O)NN(CCC(N)=O)C(=O)CCl)cc12. The van der Waals surface area contributed by atoms with Gasteiger partial charge in [-0.05, 0) is 30.5 Å². The summed E-state index contributed by atoms with van der Waals surface area (Å²) in [6, 6.07) is 7.25. The lowest BCUT2D eigenvalue weighted by Crippen LogP contribution is -2.50. The van der Waals surface area contributed by atoms with Gasteiger partial charge >= 0.3 is 0 Å². The van der Waals surface area contributed by atoms with E-state index in [0.717, 1.165) is 41.6 Å². The molecule has 1 aromatic carbocycles. The number of carbonyl (C=O) groups excluding carboxylic acids is 4. The van der Waals surface area contributed by atoms with Crippen LogP contribution in [0.15, 0.2) is 24.3 Å². The molecule has 10 heteroatoms. The number of ether oxygens (including phenoxy) is 1. The number of carbonyl (C=O) groups is 4. The fourth-order valence-electron chi connectivity index (χ4n) is 4.66. The molecule has 9 nitrogen and oxygen atoms in total. The summed E-state index contributed by atoms with van der Waals surface area (Å²) in [6.07, 6.45) is 5.80. The number of H-pyrrole nitrogens is 1. The van der Waals surface area contributed by atoms with Gasteiger partial charge in [0, 0.05) is 29.7 Å². The first-order chi connectivity index (χ1) is 16.8. The Labute approximate surface area is 209 Å².